The molecule has 0 aliphatic carbocycles. The van der Waals surface area contributed by atoms with Crippen molar-refractivity contribution in [3.8, 4) is 0 Å². The van der Waals surface area contributed by atoms with Crippen LogP contribution >= 0.6 is 0 Å². The molecular formula is C7H14N6O. The van der Waals surface area contributed by atoms with Crippen LogP contribution in [0.3, 0.4) is 0 Å². The molecule has 1 saturated heterocycles. The maximum Gasteiger partial charge on any atom is 0.327 e. The van der Waals surface area contributed by atoms with Crippen molar-refractivity contribution in [3.63, 3.8) is 0 Å². The van der Waals surface area contributed by atoms with E-state index in [-0.39, 0.29) is 0 Å². The Morgan fingerprint density at radius 3 is 2.86 bits per heavy atom. The van der Waals surface area contributed by atoms with Gasteiger partial charge in [-0.3, -0.25) is 5.43 Å². The highest BCUT2D eigenvalue weighted by molar-refractivity contribution is 5.70. The summed E-state index contributed by atoms with van der Waals surface area (Å²) < 4.78 is 0. The lowest BCUT2D eigenvalue weighted by Gasteiger charge is -2.13. The second-order valence-electron chi connectivity index (χ2n) is 2.65. The molecule has 0 saturated carbocycles. The molecule has 1 fully saturated rings. The van der Waals surface area contributed by atoms with Crippen LogP contribution in [0.15, 0.2) is 18.7 Å². The number of carbonyl (C=O) groups is 1. The first-order chi connectivity index (χ1) is 6.79. The third kappa shape index (κ3) is 4.43. The van der Waals surface area contributed by atoms with Gasteiger partial charge in [-0.05, 0) is 6.42 Å². The Balaban J connectivity index is 0.000000165. The highest BCUT2D eigenvalue weighted by Crippen LogP contribution is 1.89. The number of urea groups is 1. The minimum Gasteiger partial charge on any atom is -0.351 e. The zero-order valence-corrected chi connectivity index (χ0v) is 7.73. The average molecular weight is 198 g/mol. The first-order valence-electron chi connectivity index (χ1n) is 4.29. The number of primary amides is 1. The Bertz CT molecular complexity index is 225. The maximum atomic E-state index is 10.2. The van der Waals surface area contributed by atoms with Gasteiger partial charge in [0.25, 0.3) is 0 Å². The van der Waals surface area contributed by atoms with E-state index in [0.29, 0.717) is 0 Å². The summed E-state index contributed by atoms with van der Waals surface area (Å²) in [6.07, 6.45) is 6.13. The summed E-state index contributed by atoms with van der Waals surface area (Å²) in [5, 5.41) is 1.59. The quantitative estimate of drug-likeness (QED) is 0.474. The van der Waals surface area contributed by atoms with Crippen molar-refractivity contribution in [3.05, 3.63) is 18.7 Å². The van der Waals surface area contributed by atoms with Crippen molar-refractivity contribution in [2.75, 3.05) is 13.1 Å². The predicted molar refractivity (Wildman–Crippen MR) is 50.6 cm³/mol. The van der Waals surface area contributed by atoms with E-state index >= 15 is 0 Å². The molecule has 2 amide bonds. The number of carbonyl (C=O) groups excluding carboxylic acids is 1. The van der Waals surface area contributed by atoms with Crippen LogP contribution in [-0.2, 0) is 0 Å². The number of hydrogen-bond acceptors (Lipinski definition) is 4. The van der Waals surface area contributed by atoms with Crippen LogP contribution in [0.2, 0.25) is 0 Å². The van der Waals surface area contributed by atoms with Gasteiger partial charge in [-0.1, -0.05) is 0 Å². The van der Waals surface area contributed by atoms with E-state index in [1.807, 2.05) is 0 Å². The average Bonchev–Trinajstić information content (AvgIpc) is 2.75. The first kappa shape index (κ1) is 10.5. The number of aromatic amines is 1. The van der Waals surface area contributed by atoms with Crippen LogP contribution in [0.1, 0.15) is 6.42 Å². The topological polar surface area (TPSA) is 99.1 Å². The molecule has 1 aliphatic rings. The van der Waals surface area contributed by atoms with Crippen LogP contribution in [0.5, 0.6) is 0 Å². The van der Waals surface area contributed by atoms with Crippen LogP contribution in [-0.4, -0.2) is 34.2 Å². The number of imidazole rings is 1. The standard InChI is InChI=1S/C4H10N4O.C3H4N2/c5-4(9)7-8-3-1-2-6-8;1-2-5-3-4-1/h6H,1-3H2,(H3,5,7,9);1-3H,(H,4,5). The summed E-state index contributed by atoms with van der Waals surface area (Å²) in [7, 11) is 0. The first-order valence-corrected chi connectivity index (χ1v) is 4.29. The summed E-state index contributed by atoms with van der Waals surface area (Å²) >= 11 is 0. The fourth-order valence-corrected chi connectivity index (χ4v) is 0.974. The number of hydrazine groups is 2. The van der Waals surface area contributed by atoms with Gasteiger partial charge in [-0.15, -0.1) is 0 Å². The lowest BCUT2D eigenvalue weighted by Crippen LogP contribution is -2.48. The molecule has 0 aromatic carbocycles. The van der Waals surface area contributed by atoms with Gasteiger partial charge < -0.3 is 10.7 Å². The summed E-state index contributed by atoms with van der Waals surface area (Å²) in [5.74, 6) is 0. The van der Waals surface area contributed by atoms with Crippen molar-refractivity contribution >= 4 is 6.03 Å². The van der Waals surface area contributed by atoms with Gasteiger partial charge in [-0.25, -0.2) is 15.2 Å². The van der Waals surface area contributed by atoms with E-state index in [9.17, 15) is 4.79 Å². The number of amides is 2. The molecule has 2 heterocycles. The second kappa shape index (κ2) is 5.95. The highest BCUT2D eigenvalue weighted by atomic mass is 16.2. The molecular weight excluding hydrogens is 184 g/mol. The van der Waals surface area contributed by atoms with Crippen molar-refractivity contribution in [1.29, 1.82) is 0 Å². The van der Waals surface area contributed by atoms with E-state index in [1.165, 1.54) is 0 Å². The molecule has 0 radical (unpaired) electrons. The van der Waals surface area contributed by atoms with Gasteiger partial charge in [-0.2, -0.15) is 5.12 Å². The zero-order chi connectivity index (χ0) is 10.2. The van der Waals surface area contributed by atoms with Gasteiger partial charge in [0.15, 0.2) is 0 Å². The van der Waals surface area contributed by atoms with Crippen molar-refractivity contribution in [2.45, 2.75) is 6.42 Å². The lowest BCUT2D eigenvalue weighted by molar-refractivity contribution is 0.168. The normalized spacial score (nSPS) is 15.7. The number of nitrogens with two attached hydrogens (primary N) is 1. The summed E-state index contributed by atoms with van der Waals surface area (Å²) in [6.45, 7) is 1.73. The molecule has 1 aliphatic heterocycles. The Morgan fingerprint density at radius 2 is 2.50 bits per heavy atom. The summed E-state index contributed by atoms with van der Waals surface area (Å²) in [5.41, 5.74) is 10.2. The van der Waals surface area contributed by atoms with Gasteiger partial charge in [0, 0.05) is 25.5 Å². The highest BCUT2D eigenvalue weighted by Gasteiger charge is 2.10. The van der Waals surface area contributed by atoms with E-state index in [2.05, 4.69) is 20.8 Å². The fourth-order valence-electron chi connectivity index (χ4n) is 0.974. The SMILES string of the molecule is NC(=O)NN1CCCN1.c1c[nH]cn1. The van der Waals surface area contributed by atoms with Crippen LogP contribution in [0.4, 0.5) is 4.79 Å². The molecule has 7 nitrogen and oxygen atoms in total. The summed E-state index contributed by atoms with van der Waals surface area (Å²) in [6, 6.07) is -0.524. The van der Waals surface area contributed by atoms with Crippen LogP contribution in [0.25, 0.3) is 0 Å². The second-order valence-corrected chi connectivity index (χ2v) is 2.65. The molecule has 14 heavy (non-hydrogen) atoms. The number of H-pyrrole nitrogens is 1. The third-order valence-corrected chi connectivity index (χ3v) is 1.51. The molecule has 1 aromatic rings. The third-order valence-electron chi connectivity index (χ3n) is 1.51. The monoisotopic (exact) mass is 198 g/mol. The van der Waals surface area contributed by atoms with Crippen molar-refractivity contribution in [1.82, 2.24) is 25.9 Å². The number of nitrogens with zero attached hydrogens (tertiary/aromatic N) is 2. The van der Waals surface area contributed by atoms with Crippen molar-refractivity contribution in [2.24, 2.45) is 5.73 Å². The molecule has 0 unspecified atom stereocenters. The lowest BCUT2D eigenvalue weighted by atomic mass is 10.5. The van der Waals surface area contributed by atoms with Crippen LogP contribution < -0.4 is 16.6 Å². The van der Waals surface area contributed by atoms with Gasteiger partial charge in [0.2, 0.25) is 0 Å². The minimum absolute atomic E-state index is 0.524. The zero-order valence-electron chi connectivity index (χ0n) is 7.73. The molecule has 2 rings (SSSR count). The van der Waals surface area contributed by atoms with E-state index in [4.69, 9.17) is 5.73 Å². The Morgan fingerprint density at radius 1 is 1.64 bits per heavy atom. The molecule has 78 valence electrons. The maximum absolute atomic E-state index is 10.2. The number of nitrogens with one attached hydrogen (secondary N) is 3. The van der Waals surface area contributed by atoms with Gasteiger partial charge >= 0.3 is 6.03 Å². The Hall–Kier alpha value is -1.60. The molecule has 1 aromatic heterocycles. The molecule has 7 heteroatoms. The smallest absolute Gasteiger partial charge is 0.327 e. The van der Waals surface area contributed by atoms with Crippen LogP contribution in [0, 0.1) is 0 Å². The largest absolute Gasteiger partial charge is 0.351 e. The van der Waals surface area contributed by atoms with E-state index in [1.54, 1.807) is 23.8 Å². The Labute approximate surface area is 81.6 Å². The fraction of sp³-hybridized carbons (Fsp3) is 0.429. The van der Waals surface area contributed by atoms with Gasteiger partial charge in [0.1, 0.15) is 0 Å². The van der Waals surface area contributed by atoms with Gasteiger partial charge in [0.05, 0.1) is 6.33 Å². The number of aromatic nitrogens is 2. The number of hydrogen-bond donors (Lipinski definition) is 4. The molecule has 0 atom stereocenters. The van der Waals surface area contributed by atoms with E-state index < -0.39 is 6.03 Å². The van der Waals surface area contributed by atoms with Crippen molar-refractivity contribution < 1.29 is 4.79 Å². The van der Waals surface area contributed by atoms with E-state index in [0.717, 1.165) is 19.5 Å². The summed E-state index contributed by atoms with van der Waals surface area (Å²) in [4.78, 5) is 16.6. The molecule has 5 N–H and O–H groups in total. The molecule has 0 spiro atoms. The molecule has 0 bridgehead atoms. The predicted octanol–water partition coefficient (Wildman–Crippen LogP) is -0.810. The minimum atomic E-state index is -0.524. The Kier molecular flexibility index (Phi) is 4.45. The number of rotatable bonds is 1.